The van der Waals surface area contributed by atoms with E-state index in [2.05, 4.69) is 15.5 Å². The zero-order valence-electron chi connectivity index (χ0n) is 17.1. The molecule has 3 atom stereocenters. The highest BCUT2D eigenvalue weighted by molar-refractivity contribution is 8.00. The molecular weight excluding hydrogens is 531 g/mol. The normalized spacial score (nSPS) is 24.2. The number of β-lactam (4-membered cyclic amide) rings is 1. The summed E-state index contributed by atoms with van der Waals surface area (Å²) in [6, 6.07) is 4.31. The fourth-order valence-corrected chi connectivity index (χ4v) is 7.36. The van der Waals surface area contributed by atoms with E-state index in [1.165, 1.54) is 28.4 Å². The summed E-state index contributed by atoms with van der Waals surface area (Å²) < 4.78 is 5.31. The minimum absolute atomic E-state index is 0.0538. The minimum atomic E-state index is -1.15. The van der Waals surface area contributed by atoms with Crippen LogP contribution in [0.1, 0.15) is 5.89 Å². The van der Waals surface area contributed by atoms with E-state index in [1.54, 1.807) is 25.1 Å². The molecule has 2 aliphatic heterocycles. The maximum Gasteiger partial charge on any atom is 0.313 e. The third kappa shape index (κ3) is 5.24. The topological polar surface area (TPSA) is 126 Å². The Kier molecular flexibility index (Phi) is 7.39. The van der Waals surface area contributed by atoms with Crippen molar-refractivity contribution in [1.82, 2.24) is 20.4 Å². The molecule has 2 unspecified atom stereocenters. The van der Waals surface area contributed by atoms with Crippen LogP contribution in [0.3, 0.4) is 0 Å². The standard InChI is InChI=1S/C19H18Cl2N4O5S3/c1-9-23-24-18(30-9)33-8-19(17(28)29)6-25-15(27)14(16(25)32-7-19)22-13(26)5-31-12-4-10(20)2-3-11(12)21/h2-4,14,16H,5-8H2,1H3,(H,22,26)(H,28,29)/t14?,16-,19?/m1/s1. The van der Waals surface area contributed by atoms with Gasteiger partial charge in [0, 0.05) is 34.9 Å². The third-order valence-electron chi connectivity index (χ3n) is 5.15. The van der Waals surface area contributed by atoms with Gasteiger partial charge in [0.05, 0.1) is 10.8 Å². The van der Waals surface area contributed by atoms with Gasteiger partial charge < -0.3 is 19.7 Å². The molecule has 9 nitrogen and oxygen atoms in total. The maximum atomic E-state index is 12.7. The molecule has 0 radical (unpaired) electrons. The largest absolute Gasteiger partial charge is 0.481 e. The van der Waals surface area contributed by atoms with Crippen LogP contribution >= 0.6 is 58.5 Å². The van der Waals surface area contributed by atoms with Gasteiger partial charge in [-0.3, -0.25) is 14.4 Å². The Morgan fingerprint density at radius 3 is 2.85 bits per heavy atom. The number of thioether (sulfide) groups is 3. The van der Waals surface area contributed by atoms with Crippen molar-refractivity contribution in [2.45, 2.75) is 28.5 Å². The summed E-state index contributed by atoms with van der Waals surface area (Å²) in [5, 5.41) is 21.3. The zero-order chi connectivity index (χ0) is 23.8. The number of aromatic nitrogens is 2. The fourth-order valence-electron chi connectivity index (χ4n) is 3.39. The number of carbonyl (C=O) groups is 3. The van der Waals surface area contributed by atoms with E-state index < -0.39 is 17.4 Å². The van der Waals surface area contributed by atoms with E-state index in [-0.39, 0.29) is 46.2 Å². The highest BCUT2D eigenvalue weighted by Crippen LogP contribution is 2.44. The number of carbonyl (C=O) groups excluding carboxylic acids is 2. The molecule has 2 saturated heterocycles. The average molecular weight is 549 g/mol. The summed E-state index contributed by atoms with van der Waals surface area (Å²) in [4.78, 5) is 39.4. The number of benzene rings is 1. The van der Waals surface area contributed by atoms with Crippen LogP contribution in [-0.4, -0.2) is 73.2 Å². The predicted octanol–water partition coefficient (Wildman–Crippen LogP) is 3.04. The Labute approximate surface area is 211 Å². The van der Waals surface area contributed by atoms with Gasteiger partial charge in [-0.25, -0.2) is 0 Å². The van der Waals surface area contributed by atoms with E-state index in [0.29, 0.717) is 20.8 Å². The van der Waals surface area contributed by atoms with Crippen molar-refractivity contribution in [2.75, 3.05) is 23.8 Å². The third-order valence-corrected chi connectivity index (χ3v) is 9.57. The van der Waals surface area contributed by atoms with E-state index >= 15 is 0 Å². The highest BCUT2D eigenvalue weighted by Gasteiger charge is 2.57. The molecule has 2 amide bonds. The zero-order valence-corrected chi connectivity index (χ0v) is 21.1. The number of hydrogen-bond acceptors (Lipinski definition) is 9. The highest BCUT2D eigenvalue weighted by atomic mass is 35.5. The number of hydrogen-bond donors (Lipinski definition) is 2. The van der Waals surface area contributed by atoms with Crippen LogP contribution in [-0.2, 0) is 14.4 Å². The number of nitrogens with zero attached hydrogens (tertiary/aromatic N) is 3. The Bertz CT molecular complexity index is 1100. The van der Waals surface area contributed by atoms with Crippen molar-refractivity contribution in [3.8, 4) is 0 Å². The maximum absolute atomic E-state index is 12.7. The van der Waals surface area contributed by atoms with Crippen LogP contribution in [0.15, 0.2) is 32.7 Å². The first-order valence-corrected chi connectivity index (χ1v) is 13.4. The van der Waals surface area contributed by atoms with Gasteiger partial charge in [0.2, 0.25) is 17.7 Å². The lowest BCUT2D eigenvalue weighted by Gasteiger charge is -2.53. The van der Waals surface area contributed by atoms with Gasteiger partial charge in [-0.15, -0.1) is 33.7 Å². The Morgan fingerprint density at radius 1 is 1.36 bits per heavy atom. The predicted molar refractivity (Wildman–Crippen MR) is 127 cm³/mol. The lowest BCUT2D eigenvalue weighted by molar-refractivity contribution is -0.157. The smallest absolute Gasteiger partial charge is 0.313 e. The van der Waals surface area contributed by atoms with Gasteiger partial charge in [0.1, 0.15) is 16.8 Å². The molecule has 2 fully saturated rings. The molecule has 176 valence electrons. The Morgan fingerprint density at radius 2 is 2.15 bits per heavy atom. The quantitative estimate of drug-likeness (QED) is 0.375. The van der Waals surface area contributed by atoms with Gasteiger partial charge >= 0.3 is 5.97 Å². The van der Waals surface area contributed by atoms with Crippen molar-refractivity contribution in [3.05, 3.63) is 34.1 Å². The summed E-state index contributed by atoms with van der Waals surface area (Å²) in [6.07, 6.45) is 0. The number of halogens is 2. The number of amides is 2. The molecule has 0 spiro atoms. The second kappa shape index (κ2) is 9.95. The molecule has 33 heavy (non-hydrogen) atoms. The Balaban J connectivity index is 1.33. The van der Waals surface area contributed by atoms with E-state index in [0.717, 1.165) is 11.8 Å². The van der Waals surface area contributed by atoms with Crippen LogP contribution in [0.25, 0.3) is 0 Å². The molecule has 0 saturated carbocycles. The molecule has 4 rings (SSSR count). The summed E-state index contributed by atoms with van der Waals surface area (Å²) in [5.41, 5.74) is -1.15. The lowest BCUT2D eigenvalue weighted by atomic mass is 9.89. The number of rotatable bonds is 8. The Hall–Kier alpha value is -1.60. The number of carboxylic acids is 1. The SMILES string of the molecule is Cc1nnc(SCC2(C(=O)O)CS[C@@H]3C(NC(=O)CSc4cc(Cl)ccc4Cl)C(=O)N3C2)o1. The number of aryl methyl sites for hydroxylation is 1. The molecule has 3 heterocycles. The number of fused-ring (bicyclic) bond motifs is 1. The molecule has 0 bridgehead atoms. The molecule has 2 N–H and O–H groups in total. The minimum Gasteiger partial charge on any atom is -0.481 e. The van der Waals surface area contributed by atoms with Crippen molar-refractivity contribution in [2.24, 2.45) is 5.41 Å². The van der Waals surface area contributed by atoms with Crippen LogP contribution in [0.2, 0.25) is 10.0 Å². The monoisotopic (exact) mass is 548 g/mol. The van der Waals surface area contributed by atoms with Crippen LogP contribution < -0.4 is 5.32 Å². The van der Waals surface area contributed by atoms with Crippen molar-refractivity contribution < 1.29 is 23.9 Å². The van der Waals surface area contributed by atoms with Crippen molar-refractivity contribution in [1.29, 1.82) is 0 Å². The summed E-state index contributed by atoms with van der Waals surface area (Å²) in [6.45, 7) is 1.71. The molecule has 14 heteroatoms. The molecule has 1 aromatic carbocycles. The summed E-state index contributed by atoms with van der Waals surface area (Å²) in [7, 11) is 0. The van der Waals surface area contributed by atoms with E-state index in [4.69, 9.17) is 27.6 Å². The van der Waals surface area contributed by atoms with Crippen LogP contribution in [0.5, 0.6) is 0 Å². The summed E-state index contributed by atoms with van der Waals surface area (Å²) in [5.74, 6) is -0.666. The molecule has 2 aromatic rings. The average Bonchev–Trinajstić information content (AvgIpc) is 3.21. The second-order valence-corrected chi connectivity index (χ2v) is 11.4. The van der Waals surface area contributed by atoms with Gasteiger partial charge in [0.25, 0.3) is 5.22 Å². The van der Waals surface area contributed by atoms with Crippen molar-refractivity contribution in [3.63, 3.8) is 0 Å². The van der Waals surface area contributed by atoms with E-state index in [1.807, 2.05) is 0 Å². The molecule has 2 aliphatic rings. The van der Waals surface area contributed by atoms with Crippen LogP contribution in [0, 0.1) is 12.3 Å². The van der Waals surface area contributed by atoms with Gasteiger partial charge in [-0.05, 0) is 18.2 Å². The number of carboxylic acid groups (broad SMARTS) is 1. The van der Waals surface area contributed by atoms with Crippen LogP contribution in [0.4, 0.5) is 0 Å². The fraction of sp³-hybridized carbons (Fsp3) is 0.421. The second-order valence-electron chi connectivity index (χ2n) is 7.54. The van der Waals surface area contributed by atoms with Crippen molar-refractivity contribution >= 4 is 76.3 Å². The molecule has 0 aliphatic carbocycles. The lowest BCUT2D eigenvalue weighted by Crippen LogP contribution is -2.74. The first kappa shape index (κ1) is 24.5. The number of aliphatic carboxylic acids is 1. The van der Waals surface area contributed by atoms with Gasteiger partial charge in [-0.2, -0.15) is 0 Å². The first-order valence-electron chi connectivity index (χ1n) is 9.64. The summed E-state index contributed by atoms with van der Waals surface area (Å²) >= 11 is 15.8. The molecular formula is C19H18Cl2N4O5S3. The van der Waals surface area contributed by atoms with Gasteiger partial charge in [-0.1, -0.05) is 35.0 Å². The van der Waals surface area contributed by atoms with E-state index in [9.17, 15) is 19.5 Å². The molecule has 1 aromatic heterocycles. The first-order chi connectivity index (χ1) is 15.7. The number of nitrogens with one attached hydrogen (secondary N) is 1. The van der Waals surface area contributed by atoms with Gasteiger partial charge in [0.15, 0.2) is 0 Å².